The fourth-order valence-corrected chi connectivity index (χ4v) is 2.76. The fourth-order valence-electron chi connectivity index (χ4n) is 1.91. The lowest BCUT2D eigenvalue weighted by Crippen LogP contribution is -2.16. The van der Waals surface area contributed by atoms with Crippen molar-refractivity contribution in [2.75, 3.05) is 6.54 Å². The van der Waals surface area contributed by atoms with E-state index < -0.39 is 0 Å². The van der Waals surface area contributed by atoms with Crippen LogP contribution < -0.4 is 11.1 Å². The molecule has 0 radical (unpaired) electrons. The van der Waals surface area contributed by atoms with Gasteiger partial charge in [-0.1, -0.05) is 29.8 Å². The summed E-state index contributed by atoms with van der Waals surface area (Å²) in [5.41, 5.74) is 8.45. The van der Waals surface area contributed by atoms with Crippen molar-refractivity contribution in [2.45, 2.75) is 19.9 Å². The van der Waals surface area contributed by atoms with E-state index in [2.05, 4.69) is 36.5 Å². The Morgan fingerprint density at radius 3 is 2.89 bits per heavy atom. The van der Waals surface area contributed by atoms with Gasteiger partial charge in [0.05, 0.1) is 5.56 Å². The number of amides is 1. The van der Waals surface area contributed by atoms with Crippen molar-refractivity contribution < 1.29 is 4.79 Å². The third-order valence-corrected chi connectivity index (χ3v) is 3.85. The molecule has 0 saturated carbocycles. The summed E-state index contributed by atoms with van der Waals surface area (Å²) in [6, 6.07) is 10.4. The molecule has 0 atom stereocenters. The van der Waals surface area contributed by atoms with E-state index in [1.165, 1.54) is 11.1 Å². The molecule has 19 heavy (non-hydrogen) atoms. The second-order valence-electron chi connectivity index (χ2n) is 4.58. The second kappa shape index (κ2) is 6.50. The molecule has 0 aliphatic rings. The third-order valence-electron chi connectivity index (χ3n) is 2.91. The van der Waals surface area contributed by atoms with Crippen molar-refractivity contribution in [3.63, 3.8) is 0 Å². The van der Waals surface area contributed by atoms with Gasteiger partial charge in [-0.3, -0.25) is 4.79 Å². The number of benzene rings is 1. The van der Waals surface area contributed by atoms with Crippen LogP contribution in [0.15, 0.2) is 35.7 Å². The predicted octanol–water partition coefficient (Wildman–Crippen LogP) is 2.49. The minimum atomic E-state index is -0.359. The number of nitrogens with one attached hydrogen (secondary N) is 1. The predicted molar refractivity (Wildman–Crippen MR) is 79.4 cm³/mol. The van der Waals surface area contributed by atoms with Crippen LogP contribution in [0.3, 0.4) is 0 Å². The number of carbonyl (C=O) groups is 1. The van der Waals surface area contributed by atoms with Crippen LogP contribution in [0.4, 0.5) is 0 Å². The van der Waals surface area contributed by atoms with E-state index >= 15 is 0 Å². The van der Waals surface area contributed by atoms with E-state index in [1.807, 2.05) is 6.07 Å². The van der Waals surface area contributed by atoms with E-state index in [9.17, 15) is 4.79 Å². The first kappa shape index (κ1) is 13.8. The summed E-state index contributed by atoms with van der Waals surface area (Å²) in [6.07, 6.45) is 1.01. The maximum absolute atomic E-state index is 11.0. The first-order chi connectivity index (χ1) is 9.15. The lowest BCUT2D eigenvalue weighted by Gasteiger charge is -2.04. The Morgan fingerprint density at radius 1 is 1.37 bits per heavy atom. The molecule has 0 aliphatic heterocycles. The minimum absolute atomic E-state index is 0.359. The number of primary amides is 1. The Balaban J connectivity index is 1.76. The SMILES string of the molecule is Cc1cccc(CCNCc2cc(C(N)=O)cs2)c1. The molecular weight excluding hydrogens is 256 g/mol. The molecule has 1 heterocycles. The fraction of sp³-hybridized carbons (Fsp3) is 0.267. The van der Waals surface area contributed by atoms with Gasteiger partial charge in [0.2, 0.25) is 5.91 Å². The molecule has 3 N–H and O–H groups in total. The van der Waals surface area contributed by atoms with Crippen LogP contribution in [-0.2, 0) is 13.0 Å². The molecule has 2 aromatic rings. The summed E-state index contributed by atoms with van der Waals surface area (Å²) >= 11 is 1.56. The summed E-state index contributed by atoms with van der Waals surface area (Å²) in [7, 11) is 0. The standard InChI is InChI=1S/C15H18N2OS/c1-11-3-2-4-12(7-11)5-6-17-9-14-8-13(10-19-14)15(16)18/h2-4,7-8,10,17H,5-6,9H2,1H3,(H2,16,18). The molecule has 0 unspecified atom stereocenters. The lowest BCUT2D eigenvalue weighted by atomic mass is 10.1. The quantitative estimate of drug-likeness (QED) is 0.795. The van der Waals surface area contributed by atoms with Crippen LogP contribution in [0.1, 0.15) is 26.4 Å². The Bertz CT molecular complexity index is 563. The number of rotatable bonds is 6. The molecule has 0 spiro atoms. The molecule has 0 saturated heterocycles. The van der Waals surface area contributed by atoms with Crippen LogP contribution in [-0.4, -0.2) is 12.5 Å². The van der Waals surface area contributed by atoms with Gasteiger partial charge in [0.15, 0.2) is 0 Å². The van der Waals surface area contributed by atoms with Crippen LogP contribution in [0.25, 0.3) is 0 Å². The number of hydrogen-bond acceptors (Lipinski definition) is 3. The van der Waals surface area contributed by atoms with Gasteiger partial charge in [0, 0.05) is 16.8 Å². The summed E-state index contributed by atoms with van der Waals surface area (Å²) in [6.45, 7) is 3.81. The zero-order valence-electron chi connectivity index (χ0n) is 11.0. The van der Waals surface area contributed by atoms with Crippen molar-refractivity contribution in [1.29, 1.82) is 0 Å². The van der Waals surface area contributed by atoms with Gasteiger partial charge >= 0.3 is 0 Å². The highest BCUT2D eigenvalue weighted by atomic mass is 32.1. The first-order valence-corrected chi connectivity index (χ1v) is 7.16. The number of hydrogen-bond donors (Lipinski definition) is 2. The molecule has 0 bridgehead atoms. The highest BCUT2D eigenvalue weighted by Gasteiger charge is 2.04. The summed E-state index contributed by atoms with van der Waals surface area (Å²) in [4.78, 5) is 12.1. The van der Waals surface area contributed by atoms with E-state index in [1.54, 1.807) is 16.7 Å². The lowest BCUT2D eigenvalue weighted by molar-refractivity contribution is 0.100. The Morgan fingerprint density at radius 2 is 2.21 bits per heavy atom. The zero-order chi connectivity index (χ0) is 13.7. The smallest absolute Gasteiger partial charge is 0.249 e. The summed E-state index contributed by atoms with van der Waals surface area (Å²) in [5, 5.41) is 5.19. The second-order valence-corrected chi connectivity index (χ2v) is 5.58. The molecule has 1 aromatic carbocycles. The Kier molecular flexibility index (Phi) is 4.71. The van der Waals surface area contributed by atoms with Gasteiger partial charge in [-0.25, -0.2) is 0 Å². The molecule has 2 rings (SSSR count). The molecule has 3 nitrogen and oxygen atoms in total. The average Bonchev–Trinajstić information content (AvgIpc) is 2.84. The third kappa shape index (κ3) is 4.19. The van der Waals surface area contributed by atoms with E-state index in [-0.39, 0.29) is 5.91 Å². The first-order valence-electron chi connectivity index (χ1n) is 6.28. The van der Waals surface area contributed by atoms with Crippen molar-refractivity contribution in [3.05, 3.63) is 57.3 Å². The normalized spacial score (nSPS) is 10.6. The molecule has 0 fully saturated rings. The van der Waals surface area contributed by atoms with E-state index in [4.69, 9.17) is 5.73 Å². The minimum Gasteiger partial charge on any atom is -0.366 e. The largest absolute Gasteiger partial charge is 0.366 e. The number of carbonyl (C=O) groups excluding carboxylic acids is 1. The van der Waals surface area contributed by atoms with Gasteiger partial charge < -0.3 is 11.1 Å². The van der Waals surface area contributed by atoms with Crippen molar-refractivity contribution in [2.24, 2.45) is 5.73 Å². The molecule has 100 valence electrons. The van der Waals surface area contributed by atoms with Crippen molar-refractivity contribution in [3.8, 4) is 0 Å². The Labute approximate surface area is 117 Å². The van der Waals surface area contributed by atoms with Crippen LogP contribution in [0, 0.1) is 6.92 Å². The Hall–Kier alpha value is -1.65. The molecule has 0 aliphatic carbocycles. The van der Waals surface area contributed by atoms with Gasteiger partial charge in [-0.2, -0.15) is 0 Å². The van der Waals surface area contributed by atoms with Crippen LogP contribution in [0.2, 0.25) is 0 Å². The van der Waals surface area contributed by atoms with Crippen LogP contribution in [0.5, 0.6) is 0 Å². The van der Waals surface area contributed by atoms with Gasteiger partial charge in [-0.15, -0.1) is 11.3 Å². The van der Waals surface area contributed by atoms with Gasteiger partial charge in [0.1, 0.15) is 0 Å². The van der Waals surface area contributed by atoms with Crippen molar-refractivity contribution >= 4 is 17.2 Å². The van der Waals surface area contributed by atoms with E-state index in [0.717, 1.165) is 24.4 Å². The number of thiophene rings is 1. The number of aryl methyl sites for hydroxylation is 1. The zero-order valence-corrected chi connectivity index (χ0v) is 11.8. The van der Waals surface area contributed by atoms with Crippen LogP contribution >= 0.6 is 11.3 Å². The number of nitrogens with two attached hydrogens (primary N) is 1. The molecule has 1 amide bonds. The monoisotopic (exact) mass is 274 g/mol. The highest BCUT2D eigenvalue weighted by Crippen LogP contribution is 2.13. The molecule has 1 aromatic heterocycles. The highest BCUT2D eigenvalue weighted by molar-refractivity contribution is 7.10. The molecular formula is C15H18N2OS. The van der Waals surface area contributed by atoms with Gasteiger partial charge in [-0.05, 0) is 31.5 Å². The topological polar surface area (TPSA) is 55.1 Å². The maximum Gasteiger partial charge on any atom is 0.249 e. The van der Waals surface area contributed by atoms with E-state index in [0.29, 0.717) is 5.56 Å². The van der Waals surface area contributed by atoms with Crippen molar-refractivity contribution in [1.82, 2.24) is 5.32 Å². The maximum atomic E-state index is 11.0. The summed E-state index contributed by atoms with van der Waals surface area (Å²) < 4.78 is 0. The summed E-state index contributed by atoms with van der Waals surface area (Å²) in [5.74, 6) is -0.359. The average molecular weight is 274 g/mol. The van der Waals surface area contributed by atoms with Gasteiger partial charge in [0.25, 0.3) is 0 Å². The molecule has 4 heteroatoms.